The summed E-state index contributed by atoms with van der Waals surface area (Å²) < 4.78 is 0. The number of aliphatic imine (C=N–C) groups is 2. The van der Waals surface area contributed by atoms with Crippen LogP contribution < -0.4 is 22.5 Å². The van der Waals surface area contributed by atoms with Gasteiger partial charge in [0.2, 0.25) is 5.91 Å². The maximum absolute atomic E-state index is 11.1. The highest BCUT2D eigenvalue weighted by molar-refractivity contribution is 5.96. The van der Waals surface area contributed by atoms with E-state index in [-0.39, 0.29) is 44.5 Å². The maximum Gasteiger partial charge on any atom is 0.220 e. The molecule has 0 saturated carbocycles. The molecule has 7 nitrogen and oxygen atoms in total. The molecule has 0 spiro atoms. The summed E-state index contributed by atoms with van der Waals surface area (Å²) in [5.74, 6) is 0.292. The fourth-order valence-corrected chi connectivity index (χ4v) is 1.53. The van der Waals surface area contributed by atoms with Crippen molar-refractivity contribution in [3.63, 3.8) is 0 Å². The molecule has 0 rings (SSSR count). The van der Waals surface area contributed by atoms with Crippen LogP contribution in [0.15, 0.2) is 9.98 Å². The zero-order valence-electron chi connectivity index (χ0n) is 11.3. The molecule has 2 atom stereocenters. The first-order chi connectivity index (χ1) is 8.40. The summed E-state index contributed by atoms with van der Waals surface area (Å²) >= 11 is 0. The van der Waals surface area contributed by atoms with Crippen molar-refractivity contribution < 1.29 is 4.79 Å². The van der Waals surface area contributed by atoms with Crippen LogP contribution in [0.25, 0.3) is 0 Å². The van der Waals surface area contributed by atoms with Gasteiger partial charge in [-0.25, -0.2) is 0 Å². The Morgan fingerprint density at radius 1 is 1.20 bits per heavy atom. The molecule has 2 unspecified atom stereocenters. The zero-order chi connectivity index (χ0) is 14.1. The molecule has 0 aliphatic rings. The molecule has 0 aliphatic heterocycles. The minimum absolute atomic E-state index is 0. The molecular formula is C13H32N6O. The summed E-state index contributed by atoms with van der Waals surface area (Å²) in [6.45, 7) is 4.46. The Hall–Kier alpha value is -1.79. The lowest BCUT2D eigenvalue weighted by atomic mass is 9.93. The van der Waals surface area contributed by atoms with Gasteiger partial charge in [-0.05, 0) is 18.8 Å². The number of nitrogens with one attached hydrogen (secondary N) is 1. The molecule has 20 heavy (non-hydrogen) atoms. The van der Waals surface area contributed by atoms with Gasteiger partial charge in [-0.1, -0.05) is 28.7 Å². The minimum Gasteiger partial charge on any atom is -0.370 e. The molecule has 1 amide bonds. The predicted octanol–water partition coefficient (Wildman–Crippen LogP) is 0.645. The third kappa shape index (κ3) is 10.2. The van der Waals surface area contributed by atoms with E-state index in [1.54, 1.807) is 7.05 Å². The number of primary amides is 1. The quantitative estimate of drug-likeness (QED) is 0.422. The van der Waals surface area contributed by atoms with Crippen molar-refractivity contribution in [1.29, 1.82) is 0 Å². The predicted molar refractivity (Wildman–Crippen MR) is 87.4 cm³/mol. The summed E-state index contributed by atoms with van der Waals surface area (Å²) in [6.07, 6.45) is 1.45. The Labute approximate surface area is 123 Å². The molecule has 120 valence electrons. The van der Waals surface area contributed by atoms with Crippen LogP contribution in [0.1, 0.15) is 41.5 Å². The Bertz CT molecular complexity index is 327. The molecule has 0 bridgehead atoms. The van der Waals surface area contributed by atoms with E-state index in [0.717, 1.165) is 6.42 Å². The van der Waals surface area contributed by atoms with Gasteiger partial charge in [-0.15, -0.1) is 0 Å². The zero-order valence-corrected chi connectivity index (χ0v) is 11.3. The van der Waals surface area contributed by atoms with E-state index in [4.69, 9.17) is 17.2 Å². The minimum atomic E-state index is -0.262. The molecule has 7 heteroatoms. The number of guanidine groups is 2. The SMILES string of the molecule is C.C.CCC(CC(C)CN=C(N)NC(N)=NC)C(N)=O. The third-order valence-corrected chi connectivity index (χ3v) is 2.65. The smallest absolute Gasteiger partial charge is 0.220 e. The first-order valence-corrected chi connectivity index (χ1v) is 5.99. The van der Waals surface area contributed by atoms with Gasteiger partial charge < -0.3 is 17.2 Å². The topological polar surface area (TPSA) is 132 Å². The second-order valence-electron chi connectivity index (χ2n) is 4.31. The van der Waals surface area contributed by atoms with Crippen LogP contribution in [0, 0.1) is 11.8 Å². The van der Waals surface area contributed by atoms with Crippen molar-refractivity contribution in [2.75, 3.05) is 13.6 Å². The summed E-state index contributed by atoms with van der Waals surface area (Å²) in [6, 6.07) is 0. The first kappa shape index (κ1) is 23.3. The number of hydrogen-bond acceptors (Lipinski definition) is 3. The van der Waals surface area contributed by atoms with Crippen LogP contribution in [-0.2, 0) is 4.79 Å². The van der Waals surface area contributed by atoms with Gasteiger partial charge in [-0.3, -0.25) is 20.1 Å². The van der Waals surface area contributed by atoms with Gasteiger partial charge >= 0.3 is 0 Å². The third-order valence-electron chi connectivity index (χ3n) is 2.65. The van der Waals surface area contributed by atoms with Gasteiger partial charge in [0.15, 0.2) is 11.9 Å². The first-order valence-electron chi connectivity index (χ1n) is 5.99. The molecule has 0 saturated heterocycles. The average molecular weight is 288 g/mol. The number of rotatable bonds is 6. The summed E-state index contributed by atoms with van der Waals surface area (Å²) in [7, 11) is 1.55. The molecule has 0 fully saturated rings. The standard InChI is InChI=1S/C11H24N6O.2CH4/c1-4-8(9(12)18)5-7(2)6-16-11(14)17-10(13)15-3;;/h7-8H,4-6H2,1-3H3,(H2,12,18)(H5,13,14,15,16,17);2*1H4. The Morgan fingerprint density at radius 3 is 2.15 bits per heavy atom. The fraction of sp³-hybridized carbons (Fsp3) is 0.769. The maximum atomic E-state index is 11.1. The van der Waals surface area contributed by atoms with Crippen LogP contribution in [0.2, 0.25) is 0 Å². The molecule has 0 aromatic rings. The number of amides is 1. The Balaban J connectivity index is -0.00000144. The molecular weight excluding hydrogens is 256 g/mol. The van der Waals surface area contributed by atoms with E-state index < -0.39 is 0 Å². The van der Waals surface area contributed by atoms with Crippen molar-refractivity contribution in [1.82, 2.24) is 5.32 Å². The highest BCUT2D eigenvalue weighted by Crippen LogP contribution is 2.15. The number of nitrogens with two attached hydrogens (primary N) is 3. The number of carbonyl (C=O) groups is 1. The van der Waals surface area contributed by atoms with Gasteiger partial charge in [-0.2, -0.15) is 0 Å². The van der Waals surface area contributed by atoms with Gasteiger partial charge in [0, 0.05) is 19.5 Å². The van der Waals surface area contributed by atoms with Crippen LogP contribution >= 0.6 is 0 Å². The second-order valence-corrected chi connectivity index (χ2v) is 4.31. The number of carbonyl (C=O) groups excluding carboxylic acids is 1. The van der Waals surface area contributed by atoms with E-state index in [9.17, 15) is 4.79 Å². The lowest BCUT2D eigenvalue weighted by molar-refractivity contribution is -0.122. The van der Waals surface area contributed by atoms with Crippen molar-refractivity contribution in [2.45, 2.75) is 41.5 Å². The molecule has 0 aromatic carbocycles. The van der Waals surface area contributed by atoms with Crippen LogP contribution in [-0.4, -0.2) is 31.4 Å². The van der Waals surface area contributed by atoms with E-state index in [1.165, 1.54) is 0 Å². The second kappa shape index (κ2) is 12.3. The van der Waals surface area contributed by atoms with Gasteiger partial charge in [0.1, 0.15) is 0 Å². The highest BCUT2D eigenvalue weighted by atomic mass is 16.1. The summed E-state index contributed by atoms with van der Waals surface area (Å²) in [4.78, 5) is 18.9. The van der Waals surface area contributed by atoms with E-state index in [1.807, 2.05) is 13.8 Å². The summed E-state index contributed by atoms with van der Waals surface area (Å²) in [5, 5.41) is 2.64. The van der Waals surface area contributed by atoms with E-state index in [2.05, 4.69) is 15.3 Å². The number of nitrogens with zero attached hydrogens (tertiary/aromatic N) is 2. The van der Waals surface area contributed by atoms with Gasteiger partial charge in [0.05, 0.1) is 0 Å². The van der Waals surface area contributed by atoms with E-state index >= 15 is 0 Å². The molecule has 0 radical (unpaired) electrons. The van der Waals surface area contributed by atoms with Crippen molar-refractivity contribution in [2.24, 2.45) is 39.0 Å². The molecule has 0 aliphatic carbocycles. The van der Waals surface area contributed by atoms with E-state index in [0.29, 0.717) is 13.0 Å². The van der Waals surface area contributed by atoms with Crippen LogP contribution in [0.3, 0.4) is 0 Å². The van der Waals surface area contributed by atoms with Gasteiger partial charge in [0.25, 0.3) is 0 Å². The fourth-order valence-electron chi connectivity index (χ4n) is 1.53. The molecule has 7 N–H and O–H groups in total. The highest BCUT2D eigenvalue weighted by Gasteiger charge is 2.16. The average Bonchev–Trinajstić information content (AvgIpc) is 2.32. The molecule has 0 heterocycles. The monoisotopic (exact) mass is 288 g/mol. The van der Waals surface area contributed by atoms with Crippen molar-refractivity contribution in [3.05, 3.63) is 0 Å². The summed E-state index contributed by atoms with van der Waals surface area (Å²) in [5.41, 5.74) is 16.3. The molecule has 0 aromatic heterocycles. The Kier molecular flexibility index (Phi) is 14.3. The van der Waals surface area contributed by atoms with Crippen LogP contribution in [0.4, 0.5) is 0 Å². The lowest BCUT2D eigenvalue weighted by Gasteiger charge is -2.15. The van der Waals surface area contributed by atoms with Crippen LogP contribution in [0.5, 0.6) is 0 Å². The van der Waals surface area contributed by atoms with Crippen molar-refractivity contribution >= 4 is 17.8 Å². The number of hydrogen-bond donors (Lipinski definition) is 4. The largest absolute Gasteiger partial charge is 0.370 e. The lowest BCUT2D eigenvalue weighted by Crippen LogP contribution is -2.41. The Morgan fingerprint density at radius 2 is 1.75 bits per heavy atom. The normalized spacial score (nSPS) is 14.6. The van der Waals surface area contributed by atoms with Crippen molar-refractivity contribution in [3.8, 4) is 0 Å².